The van der Waals surface area contributed by atoms with Gasteiger partial charge in [0.2, 0.25) is 0 Å². The van der Waals surface area contributed by atoms with Gasteiger partial charge in [0.25, 0.3) is 0 Å². The van der Waals surface area contributed by atoms with E-state index in [1.165, 1.54) is 13.6 Å². The van der Waals surface area contributed by atoms with Crippen LogP contribution < -0.4 is 0 Å². The van der Waals surface area contributed by atoms with Crippen LogP contribution in [0.1, 0.15) is 25.3 Å². The lowest BCUT2D eigenvalue weighted by molar-refractivity contribution is 0.865. The molecule has 0 aliphatic heterocycles. The summed E-state index contributed by atoms with van der Waals surface area (Å²) in [4.78, 5) is 0. The lowest BCUT2D eigenvalue weighted by atomic mass is 10.0. The number of benzene rings is 1. The van der Waals surface area contributed by atoms with Crippen molar-refractivity contribution in [3.05, 3.63) is 31.8 Å². The molecule has 0 radical (unpaired) electrons. The van der Waals surface area contributed by atoms with Crippen molar-refractivity contribution < 1.29 is 0 Å². The van der Waals surface area contributed by atoms with Crippen molar-refractivity contribution in [3.8, 4) is 0 Å². The summed E-state index contributed by atoms with van der Waals surface area (Å²) in [5.41, 5.74) is 1.40. The molecule has 0 atom stereocenters. The highest BCUT2D eigenvalue weighted by Gasteiger charge is 2.01. The Kier molecular flexibility index (Phi) is 3.37. The largest absolute Gasteiger partial charge is 0.0587 e. The molecule has 0 unspecified atom stereocenters. The highest BCUT2D eigenvalue weighted by Crippen LogP contribution is 2.23. The van der Waals surface area contributed by atoms with E-state index in [1.807, 2.05) is 0 Å². The third-order valence-electron chi connectivity index (χ3n) is 1.61. The van der Waals surface area contributed by atoms with E-state index < -0.39 is 0 Å². The number of rotatable bonds is 1. The van der Waals surface area contributed by atoms with Crippen molar-refractivity contribution in [2.75, 3.05) is 0 Å². The van der Waals surface area contributed by atoms with Gasteiger partial charge in [0, 0.05) is 8.04 Å². The van der Waals surface area contributed by atoms with Gasteiger partial charge in [-0.05, 0) is 62.1 Å². The zero-order chi connectivity index (χ0) is 8.43. The molecule has 0 saturated heterocycles. The van der Waals surface area contributed by atoms with E-state index in [0.717, 1.165) is 0 Å². The molecule has 0 saturated carbocycles. The van der Waals surface area contributed by atoms with Gasteiger partial charge >= 0.3 is 0 Å². The Morgan fingerprint density at radius 1 is 1.36 bits per heavy atom. The highest BCUT2D eigenvalue weighted by molar-refractivity contribution is 14.1. The zero-order valence-corrected chi connectivity index (χ0v) is 10.3. The minimum Gasteiger partial charge on any atom is -0.0587 e. The van der Waals surface area contributed by atoms with Crippen LogP contribution in [0.5, 0.6) is 0 Å². The normalized spacial score (nSPS) is 10.6. The van der Waals surface area contributed by atoms with Gasteiger partial charge < -0.3 is 0 Å². The van der Waals surface area contributed by atoms with Gasteiger partial charge in [0.15, 0.2) is 0 Å². The molecule has 1 rings (SSSR count). The maximum absolute atomic E-state index is 3.47. The molecule has 11 heavy (non-hydrogen) atoms. The molecule has 2 heteroatoms. The van der Waals surface area contributed by atoms with Gasteiger partial charge in [-0.15, -0.1) is 0 Å². The number of hydrogen-bond acceptors (Lipinski definition) is 0. The molecular formula is C9H10BrI. The first-order chi connectivity index (χ1) is 5.11. The maximum Gasteiger partial charge on any atom is 0.0309 e. The molecule has 0 N–H and O–H groups in total. The molecule has 1 aromatic carbocycles. The zero-order valence-electron chi connectivity index (χ0n) is 6.57. The molecule has 60 valence electrons. The third-order valence-corrected chi connectivity index (χ3v) is 3.94. The lowest BCUT2D eigenvalue weighted by Gasteiger charge is -2.05. The van der Waals surface area contributed by atoms with Gasteiger partial charge in [-0.3, -0.25) is 0 Å². The summed E-state index contributed by atoms with van der Waals surface area (Å²) in [6.07, 6.45) is 0. The molecule has 0 aliphatic rings. The predicted molar refractivity (Wildman–Crippen MR) is 60.9 cm³/mol. The van der Waals surface area contributed by atoms with E-state index in [1.54, 1.807) is 0 Å². The second-order valence-corrected chi connectivity index (χ2v) is 4.84. The van der Waals surface area contributed by atoms with Crippen molar-refractivity contribution in [1.82, 2.24) is 0 Å². The Morgan fingerprint density at radius 2 is 2.00 bits per heavy atom. The van der Waals surface area contributed by atoms with Crippen molar-refractivity contribution in [3.63, 3.8) is 0 Å². The van der Waals surface area contributed by atoms with Gasteiger partial charge in [0.1, 0.15) is 0 Å². The fraction of sp³-hybridized carbons (Fsp3) is 0.333. The Bertz CT molecular complexity index is 256. The van der Waals surface area contributed by atoms with Crippen molar-refractivity contribution >= 4 is 38.5 Å². The van der Waals surface area contributed by atoms with Crippen molar-refractivity contribution in [2.45, 2.75) is 19.8 Å². The molecule has 1 aromatic rings. The fourth-order valence-electron chi connectivity index (χ4n) is 0.871. The Balaban J connectivity index is 3.05. The Labute approximate surface area is 89.7 Å². The topological polar surface area (TPSA) is 0 Å². The quantitative estimate of drug-likeness (QED) is 0.680. The molecule has 0 fully saturated rings. The summed E-state index contributed by atoms with van der Waals surface area (Å²) in [5, 5.41) is 0. The van der Waals surface area contributed by atoms with Crippen LogP contribution in [0.2, 0.25) is 0 Å². The minimum absolute atomic E-state index is 0.622. The fourth-order valence-corrected chi connectivity index (χ4v) is 1.66. The van der Waals surface area contributed by atoms with E-state index in [-0.39, 0.29) is 0 Å². The van der Waals surface area contributed by atoms with Crippen LogP contribution in [0.25, 0.3) is 0 Å². The average Bonchev–Trinajstić information content (AvgIpc) is 1.94. The third kappa shape index (κ3) is 2.44. The van der Waals surface area contributed by atoms with E-state index in [2.05, 4.69) is 70.6 Å². The summed E-state index contributed by atoms with van der Waals surface area (Å²) in [5.74, 6) is 0.622. The van der Waals surface area contributed by atoms with Crippen LogP contribution in [0.4, 0.5) is 0 Å². The Hall–Kier alpha value is 0.430. The molecule has 0 aliphatic carbocycles. The standard InChI is InChI=1S/C9H10BrI/c1-6(2)7-3-4-8(10)9(11)5-7/h3-6H,1-2H3. The molecular weight excluding hydrogens is 315 g/mol. The van der Waals surface area contributed by atoms with Crippen LogP contribution in [-0.2, 0) is 0 Å². The van der Waals surface area contributed by atoms with Crippen LogP contribution in [-0.4, -0.2) is 0 Å². The second-order valence-electron chi connectivity index (χ2n) is 2.83. The number of halogens is 2. The average molecular weight is 325 g/mol. The van der Waals surface area contributed by atoms with Gasteiger partial charge in [-0.25, -0.2) is 0 Å². The van der Waals surface area contributed by atoms with E-state index in [4.69, 9.17) is 0 Å². The first-order valence-electron chi connectivity index (χ1n) is 3.56. The van der Waals surface area contributed by atoms with Crippen LogP contribution in [0.15, 0.2) is 22.7 Å². The first-order valence-corrected chi connectivity index (χ1v) is 5.43. The molecule has 0 heterocycles. The summed E-state index contributed by atoms with van der Waals surface area (Å²) in [6.45, 7) is 4.42. The maximum atomic E-state index is 3.47. The Morgan fingerprint density at radius 3 is 2.45 bits per heavy atom. The van der Waals surface area contributed by atoms with Crippen molar-refractivity contribution in [2.24, 2.45) is 0 Å². The van der Waals surface area contributed by atoms with E-state index in [0.29, 0.717) is 5.92 Å². The highest BCUT2D eigenvalue weighted by atomic mass is 127. The smallest absolute Gasteiger partial charge is 0.0309 e. The SMILES string of the molecule is CC(C)c1ccc(Br)c(I)c1. The summed E-state index contributed by atoms with van der Waals surface area (Å²) < 4.78 is 2.47. The van der Waals surface area contributed by atoms with E-state index >= 15 is 0 Å². The van der Waals surface area contributed by atoms with E-state index in [9.17, 15) is 0 Å². The van der Waals surface area contributed by atoms with Crippen molar-refractivity contribution in [1.29, 1.82) is 0 Å². The monoisotopic (exact) mass is 324 g/mol. The predicted octanol–water partition coefficient (Wildman–Crippen LogP) is 4.18. The summed E-state index contributed by atoms with van der Waals surface area (Å²) >= 11 is 5.81. The lowest BCUT2D eigenvalue weighted by Crippen LogP contribution is -1.87. The molecule has 0 bridgehead atoms. The second kappa shape index (κ2) is 3.90. The number of hydrogen-bond donors (Lipinski definition) is 0. The molecule has 0 aromatic heterocycles. The van der Waals surface area contributed by atoms with Gasteiger partial charge in [0.05, 0.1) is 0 Å². The van der Waals surface area contributed by atoms with Crippen LogP contribution in [0.3, 0.4) is 0 Å². The summed E-state index contributed by atoms with van der Waals surface area (Å²) in [6, 6.07) is 6.49. The summed E-state index contributed by atoms with van der Waals surface area (Å²) in [7, 11) is 0. The van der Waals surface area contributed by atoms with Gasteiger partial charge in [-0.2, -0.15) is 0 Å². The molecule has 0 spiro atoms. The molecule has 0 nitrogen and oxygen atoms in total. The first kappa shape index (κ1) is 9.52. The molecule has 0 amide bonds. The van der Waals surface area contributed by atoms with Crippen LogP contribution >= 0.6 is 38.5 Å². The van der Waals surface area contributed by atoms with Crippen LogP contribution in [0, 0.1) is 3.57 Å². The minimum atomic E-state index is 0.622. The van der Waals surface area contributed by atoms with Gasteiger partial charge in [-0.1, -0.05) is 19.9 Å².